The van der Waals surface area contributed by atoms with Crippen molar-refractivity contribution in [3.8, 4) is 0 Å². The summed E-state index contributed by atoms with van der Waals surface area (Å²) in [6, 6.07) is 0. The van der Waals surface area contributed by atoms with Crippen LogP contribution >= 0.6 is 0 Å². The molecule has 0 aromatic carbocycles. The highest BCUT2D eigenvalue weighted by Crippen LogP contribution is 2.36. The van der Waals surface area contributed by atoms with E-state index in [1.807, 2.05) is 0 Å². The topological polar surface area (TPSA) is 37.3 Å². The van der Waals surface area contributed by atoms with E-state index in [4.69, 9.17) is 5.11 Å². The van der Waals surface area contributed by atoms with Gasteiger partial charge >= 0.3 is 0 Å². The van der Waals surface area contributed by atoms with Crippen molar-refractivity contribution in [2.24, 2.45) is 5.41 Å². The van der Waals surface area contributed by atoms with Gasteiger partial charge in [0.05, 0.1) is 5.41 Å². The minimum atomic E-state index is -1.01. The van der Waals surface area contributed by atoms with E-state index < -0.39 is 17.0 Å². The summed E-state index contributed by atoms with van der Waals surface area (Å²) in [7, 11) is 0. The van der Waals surface area contributed by atoms with Crippen LogP contribution in [0.25, 0.3) is 0 Å². The fourth-order valence-electron chi connectivity index (χ4n) is 1.13. The van der Waals surface area contributed by atoms with E-state index in [-0.39, 0.29) is 18.6 Å². The van der Waals surface area contributed by atoms with Crippen LogP contribution in [0, 0.1) is 5.41 Å². The van der Waals surface area contributed by atoms with Gasteiger partial charge in [0, 0.05) is 12.8 Å². The Bertz CT molecular complexity index is 228. The van der Waals surface area contributed by atoms with Gasteiger partial charge in [-0.3, -0.25) is 4.79 Å². The average molecular weight is 158 g/mol. The van der Waals surface area contributed by atoms with Crippen molar-refractivity contribution in [1.29, 1.82) is 0 Å². The molecule has 0 saturated heterocycles. The Labute approximate surface area is 64.7 Å². The molecular weight excluding hydrogens is 147 g/mol. The maximum Gasteiger partial charge on any atom is 0.146 e. The molecule has 1 aliphatic carbocycles. The highest BCUT2D eigenvalue weighted by atomic mass is 19.1. The number of hydrogen-bond donors (Lipinski definition) is 1. The quantitative estimate of drug-likeness (QED) is 0.586. The van der Waals surface area contributed by atoms with Crippen molar-refractivity contribution in [3.05, 3.63) is 11.6 Å². The number of carbonyl (C=O) groups is 1. The van der Waals surface area contributed by atoms with Gasteiger partial charge in [0.25, 0.3) is 0 Å². The van der Waals surface area contributed by atoms with Gasteiger partial charge < -0.3 is 5.11 Å². The Kier molecular flexibility index (Phi) is 1.74. The Morgan fingerprint density at radius 2 is 2.00 bits per heavy atom. The molecule has 1 aliphatic rings. The summed E-state index contributed by atoms with van der Waals surface area (Å²) in [5.41, 5.74) is -1.01. The van der Waals surface area contributed by atoms with Gasteiger partial charge in [-0.05, 0) is 13.8 Å². The molecule has 2 nitrogen and oxygen atoms in total. The van der Waals surface area contributed by atoms with Gasteiger partial charge in [-0.25, -0.2) is 4.39 Å². The standard InChI is InChI=1S/C8H11FO2/c1-8(2)6(10)4-3-5(9)7(8)11/h11H,3-4H2,1-2H3. The zero-order valence-electron chi connectivity index (χ0n) is 6.65. The molecule has 0 bridgehead atoms. The second-order valence-electron chi connectivity index (χ2n) is 3.30. The molecule has 3 heteroatoms. The Morgan fingerprint density at radius 1 is 1.45 bits per heavy atom. The molecule has 0 spiro atoms. The molecule has 11 heavy (non-hydrogen) atoms. The number of carbonyl (C=O) groups excluding carboxylic acids is 1. The second-order valence-corrected chi connectivity index (χ2v) is 3.30. The van der Waals surface area contributed by atoms with E-state index >= 15 is 0 Å². The van der Waals surface area contributed by atoms with Gasteiger partial charge in [-0.1, -0.05) is 0 Å². The van der Waals surface area contributed by atoms with Crippen molar-refractivity contribution in [2.75, 3.05) is 0 Å². The summed E-state index contributed by atoms with van der Waals surface area (Å²) < 4.78 is 12.7. The lowest BCUT2D eigenvalue weighted by Crippen LogP contribution is -2.30. The summed E-state index contributed by atoms with van der Waals surface area (Å²) >= 11 is 0. The van der Waals surface area contributed by atoms with E-state index in [2.05, 4.69) is 0 Å². The number of aliphatic hydroxyl groups excluding tert-OH is 1. The molecule has 0 unspecified atom stereocenters. The van der Waals surface area contributed by atoms with Gasteiger partial charge in [-0.2, -0.15) is 0 Å². The lowest BCUT2D eigenvalue weighted by molar-refractivity contribution is -0.127. The van der Waals surface area contributed by atoms with Crippen LogP contribution in [0.4, 0.5) is 4.39 Å². The van der Waals surface area contributed by atoms with Crippen molar-refractivity contribution < 1.29 is 14.3 Å². The van der Waals surface area contributed by atoms with Crippen LogP contribution in [-0.2, 0) is 4.79 Å². The third-order valence-electron chi connectivity index (χ3n) is 2.12. The average Bonchev–Trinajstić information content (AvgIpc) is 1.95. The maximum absolute atomic E-state index is 12.7. The molecule has 0 heterocycles. The number of ketones is 1. The van der Waals surface area contributed by atoms with Crippen LogP contribution in [-0.4, -0.2) is 10.9 Å². The number of halogens is 1. The third-order valence-corrected chi connectivity index (χ3v) is 2.12. The summed E-state index contributed by atoms with van der Waals surface area (Å²) in [5.74, 6) is -1.04. The summed E-state index contributed by atoms with van der Waals surface area (Å²) in [5, 5.41) is 9.16. The summed E-state index contributed by atoms with van der Waals surface area (Å²) in [4.78, 5) is 11.1. The van der Waals surface area contributed by atoms with Crippen LogP contribution in [0.15, 0.2) is 11.6 Å². The third kappa shape index (κ3) is 1.15. The lowest BCUT2D eigenvalue weighted by Gasteiger charge is -2.26. The van der Waals surface area contributed by atoms with E-state index in [0.717, 1.165) is 0 Å². The minimum absolute atomic E-state index is 0.0497. The summed E-state index contributed by atoms with van der Waals surface area (Å²) in [6.45, 7) is 3.06. The molecule has 0 atom stereocenters. The van der Waals surface area contributed by atoms with Gasteiger partial charge in [-0.15, -0.1) is 0 Å². The first-order valence-electron chi connectivity index (χ1n) is 3.57. The maximum atomic E-state index is 12.7. The highest BCUT2D eigenvalue weighted by Gasteiger charge is 2.37. The molecule has 0 saturated carbocycles. The fourth-order valence-corrected chi connectivity index (χ4v) is 1.13. The number of aliphatic hydroxyl groups is 1. The van der Waals surface area contributed by atoms with E-state index in [0.29, 0.717) is 0 Å². The Hall–Kier alpha value is -0.860. The molecule has 0 aliphatic heterocycles. The van der Waals surface area contributed by atoms with Crippen LogP contribution < -0.4 is 0 Å². The Morgan fingerprint density at radius 3 is 2.45 bits per heavy atom. The SMILES string of the molecule is CC1(C)C(=O)CCC(F)=C1O. The van der Waals surface area contributed by atoms with Crippen LogP contribution in [0.1, 0.15) is 26.7 Å². The normalized spacial score (nSPS) is 24.1. The predicted molar refractivity (Wildman–Crippen MR) is 38.8 cm³/mol. The fraction of sp³-hybridized carbons (Fsp3) is 0.625. The number of hydrogen-bond acceptors (Lipinski definition) is 2. The van der Waals surface area contributed by atoms with Crippen molar-refractivity contribution in [1.82, 2.24) is 0 Å². The van der Waals surface area contributed by atoms with E-state index in [1.54, 1.807) is 0 Å². The monoisotopic (exact) mass is 158 g/mol. The first-order valence-corrected chi connectivity index (χ1v) is 3.57. The first-order chi connectivity index (χ1) is 4.96. The predicted octanol–water partition coefficient (Wildman–Crippen LogP) is 2.11. The molecule has 0 amide bonds. The number of rotatable bonds is 0. The molecule has 62 valence electrons. The van der Waals surface area contributed by atoms with E-state index in [1.165, 1.54) is 13.8 Å². The Balaban J connectivity index is 3.08. The molecule has 0 aromatic heterocycles. The van der Waals surface area contributed by atoms with Crippen molar-refractivity contribution in [2.45, 2.75) is 26.7 Å². The first kappa shape index (κ1) is 8.24. The van der Waals surface area contributed by atoms with Crippen molar-refractivity contribution >= 4 is 5.78 Å². The zero-order chi connectivity index (χ0) is 8.65. The number of Topliss-reactive ketones (excluding diaryl/α,β-unsaturated/α-hetero) is 1. The number of allylic oxidation sites excluding steroid dienone is 2. The largest absolute Gasteiger partial charge is 0.509 e. The van der Waals surface area contributed by atoms with Crippen LogP contribution in [0.2, 0.25) is 0 Å². The minimum Gasteiger partial charge on any atom is -0.509 e. The van der Waals surface area contributed by atoms with E-state index in [9.17, 15) is 9.18 Å². The molecule has 1 N–H and O–H groups in total. The van der Waals surface area contributed by atoms with Gasteiger partial charge in [0.2, 0.25) is 0 Å². The summed E-state index contributed by atoms with van der Waals surface area (Å²) in [6.07, 6.45) is 0.247. The molecule has 0 aromatic rings. The van der Waals surface area contributed by atoms with Gasteiger partial charge in [0.1, 0.15) is 17.4 Å². The zero-order valence-corrected chi connectivity index (χ0v) is 6.65. The molecule has 0 radical (unpaired) electrons. The molecular formula is C8H11FO2. The molecule has 1 rings (SSSR count). The van der Waals surface area contributed by atoms with Crippen LogP contribution in [0.5, 0.6) is 0 Å². The molecule has 0 fully saturated rings. The van der Waals surface area contributed by atoms with Gasteiger partial charge in [0.15, 0.2) is 0 Å². The smallest absolute Gasteiger partial charge is 0.146 e. The second kappa shape index (κ2) is 2.32. The highest BCUT2D eigenvalue weighted by molar-refractivity contribution is 5.88. The van der Waals surface area contributed by atoms with Crippen molar-refractivity contribution in [3.63, 3.8) is 0 Å². The lowest BCUT2D eigenvalue weighted by atomic mass is 9.79. The van der Waals surface area contributed by atoms with Crippen LogP contribution in [0.3, 0.4) is 0 Å².